The number of ether oxygens (including phenoxy) is 2. The molecule has 0 aliphatic carbocycles. The number of hydrogen-bond donors (Lipinski definition) is 0. The molecule has 3 nitrogen and oxygen atoms in total. The Morgan fingerprint density at radius 2 is 0.868 bits per heavy atom. The maximum absolute atomic E-state index is 13.0. The minimum absolute atomic E-state index is 0.0578. The molecule has 0 aromatic heterocycles. The van der Waals surface area contributed by atoms with Gasteiger partial charge >= 0.3 is 0 Å². The maximum Gasteiger partial charge on any atom is 0.207 e. The summed E-state index contributed by atoms with van der Waals surface area (Å²) in [5.41, 5.74) is 5.86. The molecule has 0 saturated carbocycles. The molecule has 0 saturated heterocycles. The van der Waals surface area contributed by atoms with Gasteiger partial charge in [0.05, 0.1) is 0 Å². The van der Waals surface area contributed by atoms with Gasteiger partial charge in [-0.3, -0.25) is 4.79 Å². The Bertz CT molecular complexity index is 1690. The molecular formula is C35H24O3. The van der Waals surface area contributed by atoms with Crippen LogP contribution in [0.1, 0.15) is 0 Å². The van der Waals surface area contributed by atoms with Gasteiger partial charge in [-0.2, -0.15) is 0 Å². The molecule has 1 aliphatic rings. The van der Waals surface area contributed by atoms with E-state index in [1.165, 1.54) is 0 Å². The highest BCUT2D eigenvalue weighted by molar-refractivity contribution is 6.14. The van der Waals surface area contributed by atoms with Crippen LogP contribution in [-0.2, 0) is 4.79 Å². The van der Waals surface area contributed by atoms with Crippen molar-refractivity contribution in [3.8, 4) is 44.9 Å². The van der Waals surface area contributed by atoms with Crippen molar-refractivity contribution >= 4 is 27.3 Å². The van der Waals surface area contributed by atoms with Crippen LogP contribution in [-0.4, -0.2) is 19.0 Å². The molecule has 3 heteroatoms. The van der Waals surface area contributed by atoms with Crippen LogP contribution in [0.25, 0.3) is 54.9 Å². The van der Waals surface area contributed by atoms with Crippen LogP contribution in [0.15, 0.2) is 121 Å². The molecule has 0 N–H and O–H groups in total. The van der Waals surface area contributed by atoms with Crippen LogP contribution < -0.4 is 9.47 Å². The largest absolute Gasteiger partial charge is 0.484 e. The number of rotatable bonds is 2. The Morgan fingerprint density at radius 3 is 1.32 bits per heavy atom. The average Bonchev–Trinajstić information content (AvgIpc) is 3.05. The van der Waals surface area contributed by atoms with E-state index in [4.69, 9.17) is 9.47 Å². The predicted molar refractivity (Wildman–Crippen MR) is 154 cm³/mol. The van der Waals surface area contributed by atoms with Crippen LogP contribution in [0.2, 0.25) is 0 Å². The SMILES string of the molecule is O=C1COc2c(-c3ccccc3)cc3ccccc3c2-c2c(c(-c3ccccc3)cc3ccccc23)OC1. The molecule has 6 aromatic carbocycles. The number of carbonyl (C=O) groups is 1. The first-order chi connectivity index (χ1) is 18.8. The van der Waals surface area contributed by atoms with Crippen LogP contribution in [0, 0.1) is 0 Å². The predicted octanol–water partition coefficient (Wildman–Crippen LogP) is 8.33. The summed E-state index contributed by atoms with van der Waals surface area (Å²) in [6.07, 6.45) is 0. The van der Waals surface area contributed by atoms with Gasteiger partial charge in [0.1, 0.15) is 11.5 Å². The molecule has 0 bridgehead atoms. The summed E-state index contributed by atoms with van der Waals surface area (Å²) in [4.78, 5) is 13.0. The molecule has 182 valence electrons. The number of ketones is 1. The van der Waals surface area contributed by atoms with Crippen molar-refractivity contribution < 1.29 is 14.3 Å². The Hall–Kier alpha value is -4.89. The van der Waals surface area contributed by atoms with E-state index in [0.29, 0.717) is 11.5 Å². The smallest absolute Gasteiger partial charge is 0.207 e. The summed E-state index contributed by atoms with van der Waals surface area (Å²) >= 11 is 0. The second kappa shape index (κ2) is 9.20. The summed E-state index contributed by atoms with van der Waals surface area (Å²) in [7, 11) is 0. The van der Waals surface area contributed by atoms with Crippen LogP contribution in [0.3, 0.4) is 0 Å². The number of Topliss-reactive ketones (excluding diaryl/α,β-unsaturated/α-hetero) is 1. The normalized spacial score (nSPS) is 13.0. The van der Waals surface area contributed by atoms with Gasteiger partial charge in [0.2, 0.25) is 5.78 Å². The summed E-state index contributed by atoms with van der Waals surface area (Å²) in [6, 6.07) is 41.5. The zero-order valence-corrected chi connectivity index (χ0v) is 20.7. The van der Waals surface area contributed by atoms with Crippen molar-refractivity contribution in [2.45, 2.75) is 0 Å². The van der Waals surface area contributed by atoms with Crippen LogP contribution in [0.5, 0.6) is 11.5 Å². The van der Waals surface area contributed by atoms with Gasteiger partial charge in [0.25, 0.3) is 0 Å². The van der Waals surface area contributed by atoms with Crippen molar-refractivity contribution in [2.75, 3.05) is 13.2 Å². The number of benzene rings is 6. The Labute approximate surface area is 220 Å². The first-order valence-electron chi connectivity index (χ1n) is 12.8. The van der Waals surface area contributed by atoms with Gasteiger partial charge in [-0.05, 0) is 44.8 Å². The molecule has 0 unspecified atom stereocenters. The van der Waals surface area contributed by atoms with Gasteiger partial charge in [-0.25, -0.2) is 0 Å². The second-order valence-electron chi connectivity index (χ2n) is 9.55. The molecule has 0 amide bonds. The van der Waals surface area contributed by atoms with Crippen LogP contribution in [0.4, 0.5) is 0 Å². The molecule has 0 spiro atoms. The summed E-state index contributed by atoms with van der Waals surface area (Å²) in [6.45, 7) is -0.116. The van der Waals surface area contributed by atoms with E-state index in [1.807, 2.05) is 48.5 Å². The summed E-state index contributed by atoms with van der Waals surface area (Å²) in [5.74, 6) is 1.29. The summed E-state index contributed by atoms with van der Waals surface area (Å²) < 4.78 is 12.9. The highest BCUT2D eigenvalue weighted by Gasteiger charge is 2.27. The van der Waals surface area contributed by atoms with Gasteiger partial charge in [-0.15, -0.1) is 0 Å². The highest BCUT2D eigenvalue weighted by atomic mass is 16.5. The van der Waals surface area contributed by atoms with Crippen molar-refractivity contribution in [1.29, 1.82) is 0 Å². The molecule has 38 heavy (non-hydrogen) atoms. The van der Waals surface area contributed by atoms with Crippen molar-refractivity contribution in [1.82, 2.24) is 0 Å². The lowest BCUT2D eigenvalue weighted by Crippen LogP contribution is -2.19. The lowest BCUT2D eigenvalue weighted by atomic mass is 9.86. The van der Waals surface area contributed by atoms with E-state index < -0.39 is 0 Å². The lowest BCUT2D eigenvalue weighted by Gasteiger charge is -2.22. The first-order valence-corrected chi connectivity index (χ1v) is 12.8. The van der Waals surface area contributed by atoms with Gasteiger partial charge < -0.3 is 9.47 Å². The average molecular weight is 493 g/mol. The molecule has 6 aromatic rings. The van der Waals surface area contributed by atoms with Gasteiger partial charge in [-0.1, -0.05) is 109 Å². The third-order valence-corrected chi connectivity index (χ3v) is 7.18. The highest BCUT2D eigenvalue weighted by Crippen LogP contribution is 2.52. The molecule has 0 fully saturated rings. The van der Waals surface area contributed by atoms with E-state index in [1.54, 1.807) is 0 Å². The van der Waals surface area contributed by atoms with Crippen molar-refractivity contribution in [3.05, 3.63) is 121 Å². The standard InChI is InChI=1S/C35H24O3/c36-27-21-37-34-30(23-11-3-1-4-12-23)19-25-15-7-9-17-28(25)32(34)33-29-18-10-8-16-26(29)20-31(35(33)38-22-27)24-13-5-2-6-14-24/h1-20H,21-22H2. The summed E-state index contributed by atoms with van der Waals surface area (Å²) in [5, 5.41) is 4.30. The second-order valence-corrected chi connectivity index (χ2v) is 9.55. The Kier molecular flexibility index (Phi) is 5.41. The molecule has 1 aliphatic heterocycles. The Morgan fingerprint density at radius 1 is 0.474 bits per heavy atom. The molecular weight excluding hydrogens is 468 g/mol. The first kappa shape index (κ1) is 22.3. The maximum atomic E-state index is 13.0. The molecule has 1 heterocycles. The third kappa shape index (κ3) is 3.72. The van der Waals surface area contributed by atoms with Gasteiger partial charge in [0.15, 0.2) is 13.2 Å². The monoisotopic (exact) mass is 492 g/mol. The number of carbonyl (C=O) groups excluding carboxylic acids is 1. The van der Waals surface area contributed by atoms with E-state index in [-0.39, 0.29) is 19.0 Å². The fourth-order valence-electron chi connectivity index (χ4n) is 5.46. The van der Waals surface area contributed by atoms with E-state index in [2.05, 4.69) is 72.8 Å². The van der Waals surface area contributed by atoms with Crippen molar-refractivity contribution in [2.24, 2.45) is 0 Å². The topological polar surface area (TPSA) is 35.5 Å². The minimum atomic E-state index is -0.108. The van der Waals surface area contributed by atoms with E-state index in [9.17, 15) is 4.79 Å². The van der Waals surface area contributed by atoms with E-state index >= 15 is 0 Å². The lowest BCUT2D eigenvalue weighted by molar-refractivity contribution is -0.122. The fraction of sp³-hybridized carbons (Fsp3) is 0.0571. The third-order valence-electron chi connectivity index (χ3n) is 7.18. The minimum Gasteiger partial charge on any atom is -0.484 e. The van der Waals surface area contributed by atoms with Crippen molar-refractivity contribution in [3.63, 3.8) is 0 Å². The quantitative estimate of drug-likeness (QED) is 0.244. The van der Waals surface area contributed by atoms with Crippen LogP contribution >= 0.6 is 0 Å². The van der Waals surface area contributed by atoms with E-state index in [0.717, 1.165) is 54.9 Å². The Balaban J connectivity index is 1.70. The number of fused-ring (bicyclic) bond motifs is 7. The zero-order chi connectivity index (χ0) is 25.5. The fourth-order valence-corrected chi connectivity index (χ4v) is 5.46. The molecule has 7 rings (SSSR count). The number of hydrogen-bond acceptors (Lipinski definition) is 3. The zero-order valence-electron chi connectivity index (χ0n) is 20.7. The molecule has 0 atom stereocenters. The molecule has 0 radical (unpaired) electrons. The van der Waals surface area contributed by atoms with Gasteiger partial charge in [0, 0.05) is 22.3 Å².